The molecule has 1 saturated carbocycles. The average molecular weight is 505 g/mol. The van der Waals surface area contributed by atoms with Gasteiger partial charge in [0, 0.05) is 48.0 Å². The smallest absolute Gasteiger partial charge is 0.236 e. The lowest BCUT2D eigenvalue weighted by molar-refractivity contribution is -0.138. The Morgan fingerprint density at radius 2 is 2.08 bits per heavy atom. The molecular weight excluding hydrogens is 471 g/mol. The molecule has 2 aliphatic heterocycles. The molecule has 1 aromatic carbocycles. The summed E-state index contributed by atoms with van der Waals surface area (Å²) in [6.45, 7) is 0.417. The van der Waals surface area contributed by atoms with Crippen LogP contribution in [-0.2, 0) is 4.79 Å². The Morgan fingerprint density at radius 3 is 2.84 bits per heavy atom. The van der Waals surface area contributed by atoms with E-state index in [0.717, 1.165) is 48.0 Å². The molecule has 0 radical (unpaired) electrons. The van der Waals surface area contributed by atoms with Crippen molar-refractivity contribution in [3.8, 4) is 16.9 Å². The minimum atomic E-state index is -0.312. The molecule has 3 aromatic rings. The van der Waals surface area contributed by atoms with Gasteiger partial charge in [0.05, 0.1) is 19.8 Å². The molecule has 2 atom stereocenters. The highest BCUT2D eigenvalue weighted by molar-refractivity contribution is 5.96. The second kappa shape index (κ2) is 9.58. The molecule has 8 heteroatoms. The van der Waals surface area contributed by atoms with E-state index in [2.05, 4.69) is 27.0 Å². The fraction of sp³-hybridized carbons (Fsp3) is 0.448. The first-order valence-corrected chi connectivity index (χ1v) is 13.1. The summed E-state index contributed by atoms with van der Waals surface area (Å²) in [5.74, 6) is 0.437. The summed E-state index contributed by atoms with van der Waals surface area (Å²) in [6, 6.07) is 9.24. The summed E-state index contributed by atoms with van der Waals surface area (Å²) in [4.78, 5) is 25.3. The normalized spacial score (nSPS) is 25.5. The molecule has 7 nitrogen and oxygen atoms in total. The van der Waals surface area contributed by atoms with Crippen molar-refractivity contribution in [1.82, 2.24) is 19.8 Å². The number of aliphatic hydroxyl groups is 1. The molecule has 2 fully saturated rings. The zero-order chi connectivity index (χ0) is 25.7. The van der Waals surface area contributed by atoms with Gasteiger partial charge in [-0.3, -0.25) is 9.69 Å². The van der Waals surface area contributed by atoms with Crippen molar-refractivity contribution in [2.45, 2.75) is 62.8 Å². The number of aromatic amines is 1. The van der Waals surface area contributed by atoms with E-state index < -0.39 is 0 Å². The van der Waals surface area contributed by atoms with Gasteiger partial charge >= 0.3 is 0 Å². The molecule has 6 rings (SSSR count). The van der Waals surface area contributed by atoms with E-state index in [4.69, 9.17) is 4.74 Å². The van der Waals surface area contributed by atoms with Gasteiger partial charge in [-0.25, -0.2) is 9.37 Å². The predicted octanol–water partition coefficient (Wildman–Crippen LogP) is 4.37. The first kappa shape index (κ1) is 24.1. The number of nitrogens with zero attached hydrogens (tertiary/aromatic N) is 3. The lowest BCUT2D eigenvalue weighted by Gasteiger charge is -2.46. The molecular formula is C29H33FN4O3. The Balaban J connectivity index is 1.28. The second-order valence-electron chi connectivity index (χ2n) is 10.7. The number of ether oxygens (including phenoxy) is 1. The number of hydrogen-bond acceptors (Lipinski definition) is 5. The van der Waals surface area contributed by atoms with Crippen molar-refractivity contribution >= 4 is 22.5 Å². The van der Waals surface area contributed by atoms with Gasteiger partial charge in [-0.05, 0) is 73.6 Å². The standard InChI is InChI=1S/C29H33FN4O3/c1-33(21-13-22(35)14-21)28(36)16-34-19-4-3-5-20(34)11-17(10-19)26-15-25-23(8-9-31-29(25)32-26)24-12-18(30)6-7-27(24)37-2/h6-10,12,15,19-22,35H,3-5,11,13-14,16H2,1-2H3,(H,31,32). The number of nitrogens with one attached hydrogen (secondary N) is 1. The van der Waals surface area contributed by atoms with E-state index in [0.29, 0.717) is 36.7 Å². The average Bonchev–Trinajstić information content (AvgIpc) is 3.31. The molecule has 3 aliphatic rings. The SMILES string of the molecule is COc1ccc(F)cc1-c1ccnc2[nH]c(C3=CC4CCCC(C3)N4CC(=O)N(C)C3CC(O)C3)cc12. The molecule has 2 bridgehead atoms. The number of H-pyrrole nitrogens is 1. The third-order valence-electron chi connectivity index (χ3n) is 8.46. The number of likely N-dealkylation sites (N-methyl/N-ethyl adjacent to an activating group) is 1. The van der Waals surface area contributed by atoms with Crippen molar-refractivity contribution in [2.75, 3.05) is 20.7 Å². The number of aliphatic hydroxyl groups excluding tert-OH is 1. The molecule has 194 valence electrons. The van der Waals surface area contributed by atoms with Crippen LogP contribution >= 0.6 is 0 Å². The Morgan fingerprint density at radius 1 is 1.24 bits per heavy atom. The number of carbonyl (C=O) groups excluding carboxylic acids is 1. The number of halogens is 1. The third-order valence-corrected chi connectivity index (χ3v) is 8.46. The molecule has 37 heavy (non-hydrogen) atoms. The molecule has 1 saturated heterocycles. The van der Waals surface area contributed by atoms with Crippen molar-refractivity contribution in [3.63, 3.8) is 0 Å². The zero-order valence-electron chi connectivity index (χ0n) is 21.3. The summed E-state index contributed by atoms with van der Waals surface area (Å²) < 4.78 is 19.6. The number of aromatic nitrogens is 2. The van der Waals surface area contributed by atoms with Gasteiger partial charge in [-0.15, -0.1) is 0 Å². The van der Waals surface area contributed by atoms with E-state index in [1.807, 2.05) is 18.0 Å². The van der Waals surface area contributed by atoms with Crippen molar-refractivity contribution in [2.24, 2.45) is 0 Å². The number of amides is 1. The van der Waals surface area contributed by atoms with Crippen molar-refractivity contribution in [1.29, 1.82) is 0 Å². The van der Waals surface area contributed by atoms with Crippen molar-refractivity contribution < 1.29 is 19.0 Å². The van der Waals surface area contributed by atoms with Crippen LogP contribution in [0.2, 0.25) is 0 Å². The lowest BCUT2D eigenvalue weighted by Crippen LogP contribution is -2.55. The number of methoxy groups -OCH3 is 1. The molecule has 1 amide bonds. The number of pyridine rings is 1. The van der Waals surface area contributed by atoms with Gasteiger partial charge in [-0.2, -0.15) is 0 Å². The van der Waals surface area contributed by atoms with Crippen LogP contribution in [0, 0.1) is 5.82 Å². The van der Waals surface area contributed by atoms with Gasteiger partial charge in [-0.1, -0.05) is 12.5 Å². The van der Waals surface area contributed by atoms with Crippen molar-refractivity contribution in [3.05, 3.63) is 54.1 Å². The number of benzene rings is 1. The summed E-state index contributed by atoms with van der Waals surface area (Å²) in [5.41, 5.74) is 4.59. The van der Waals surface area contributed by atoms with Crippen LogP contribution < -0.4 is 4.74 Å². The maximum absolute atomic E-state index is 14.1. The first-order valence-electron chi connectivity index (χ1n) is 13.1. The molecule has 0 spiro atoms. The fourth-order valence-electron chi connectivity index (χ4n) is 6.24. The van der Waals surface area contributed by atoms with Crippen LogP contribution in [0.1, 0.15) is 44.2 Å². The number of carbonyl (C=O) groups is 1. The van der Waals surface area contributed by atoms with Crippen LogP contribution in [0.15, 0.2) is 42.6 Å². The van der Waals surface area contributed by atoms with Gasteiger partial charge in [0.2, 0.25) is 5.91 Å². The maximum atomic E-state index is 14.1. The number of hydrogen-bond donors (Lipinski definition) is 2. The third kappa shape index (κ3) is 4.42. The molecule has 2 unspecified atom stereocenters. The topological polar surface area (TPSA) is 81.7 Å². The minimum absolute atomic E-state index is 0.133. The van der Waals surface area contributed by atoms with E-state index in [1.165, 1.54) is 17.7 Å². The quantitative estimate of drug-likeness (QED) is 0.521. The zero-order valence-corrected chi connectivity index (χ0v) is 21.3. The van der Waals surface area contributed by atoms with Gasteiger partial charge < -0.3 is 19.7 Å². The number of piperidine rings is 1. The summed E-state index contributed by atoms with van der Waals surface area (Å²) >= 11 is 0. The summed E-state index contributed by atoms with van der Waals surface area (Å²) in [6.07, 6.45) is 9.25. The van der Waals surface area contributed by atoms with Crippen LogP contribution in [0.4, 0.5) is 4.39 Å². The summed E-state index contributed by atoms with van der Waals surface area (Å²) in [5, 5.41) is 10.6. The van der Waals surface area contributed by atoms with E-state index in [1.54, 1.807) is 19.4 Å². The Kier molecular flexibility index (Phi) is 6.24. The van der Waals surface area contributed by atoms with Crippen LogP contribution in [0.3, 0.4) is 0 Å². The molecule has 1 aliphatic carbocycles. The Bertz CT molecular complexity index is 1360. The second-order valence-corrected chi connectivity index (χ2v) is 10.7. The first-order chi connectivity index (χ1) is 17.9. The van der Waals surface area contributed by atoms with E-state index in [9.17, 15) is 14.3 Å². The highest BCUT2D eigenvalue weighted by Crippen LogP contribution is 2.40. The van der Waals surface area contributed by atoms with Crippen LogP contribution in [-0.4, -0.2) is 75.7 Å². The number of fused-ring (bicyclic) bond motifs is 3. The van der Waals surface area contributed by atoms with Crippen LogP contribution in [0.25, 0.3) is 27.7 Å². The Labute approximate surface area is 215 Å². The number of rotatable bonds is 6. The molecule has 2 N–H and O–H groups in total. The fourth-order valence-corrected chi connectivity index (χ4v) is 6.24. The maximum Gasteiger partial charge on any atom is 0.236 e. The molecule has 2 aromatic heterocycles. The largest absolute Gasteiger partial charge is 0.496 e. The van der Waals surface area contributed by atoms with E-state index in [-0.39, 0.29) is 29.9 Å². The minimum Gasteiger partial charge on any atom is -0.496 e. The van der Waals surface area contributed by atoms with Gasteiger partial charge in [0.1, 0.15) is 17.2 Å². The summed E-state index contributed by atoms with van der Waals surface area (Å²) in [7, 11) is 3.45. The monoisotopic (exact) mass is 504 g/mol. The van der Waals surface area contributed by atoms with Gasteiger partial charge in [0.15, 0.2) is 0 Å². The predicted molar refractivity (Wildman–Crippen MR) is 141 cm³/mol. The van der Waals surface area contributed by atoms with Gasteiger partial charge in [0.25, 0.3) is 0 Å². The van der Waals surface area contributed by atoms with Crippen LogP contribution in [0.5, 0.6) is 5.75 Å². The molecule has 4 heterocycles. The highest BCUT2D eigenvalue weighted by Gasteiger charge is 2.38. The van der Waals surface area contributed by atoms with E-state index >= 15 is 0 Å². The highest BCUT2D eigenvalue weighted by atomic mass is 19.1. The Hall–Kier alpha value is -3.23. The lowest BCUT2D eigenvalue weighted by atomic mass is 9.84.